The highest BCUT2D eigenvalue weighted by atomic mass is 19.4. The third-order valence-electron chi connectivity index (χ3n) is 2.79. The normalized spacial score (nSPS) is 12.5. The molecular weight excluding hydrogens is 311 g/mol. The number of ether oxygens (including phenoxy) is 3. The van der Waals surface area contributed by atoms with Crippen molar-refractivity contribution >= 4 is 11.6 Å². The summed E-state index contributed by atoms with van der Waals surface area (Å²) >= 11 is 0. The SMILES string of the molecule is CCC/C=C/COC(=Nc1ccc(OC)cc1OC)C(F)(F)F. The number of aliphatic imine (C=N–C) groups is 1. The van der Waals surface area contributed by atoms with Crippen molar-refractivity contribution in [2.24, 2.45) is 4.99 Å². The Balaban J connectivity index is 3.00. The van der Waals surface area contributed by atoms with Crippen LogP contribution in [0, 0.1) is 0 Å². The van der Waals surface area contributed by atoms with Crippen LogP contribution in [0.15, 0.2) is 35.3 Å². The number of halogens is 3. The van der Waals surface area contributed by atoms with Gasteiger partial charge in [-0.25, -0.2) is 4.99 Å². The maximum Gasteiger partial charge on any atom is 0.468 e. The van der Waals surface area contributed by atoms with Crippen molar-refractivity contribution in [2.45, 2.75) is 25.9 Å². The van der Waals surface area contributed by atoms with Crippen LogP contribution in [0.1, 0.15) is 19.8 Å². The number of unbranched alkanes of at least 4 members (excludes halogenated alkanes) is 1. The second-order valence-corrected chi connectivity index (χ2v) is 4.52. The first-order valence-electron chi connectivity index (χ1n) is 7.08. The van der Waals surface area contributed by atoms with Gasteiger partial charge in [0.15, 0.2) is 0 Å². The molecule has 0 saturated carbocycles. The fraction of sp³-hybridized carbons (Fsp3) is 0.438. The number of rotatable bonds is 7. The molecule has 128 valence electrons. The van der Waals surface area contributed by atoms with Crippen molar-refractivity contribution in [2.75, 3.05) is 20.8 Å². The molecule has 0 aliphatic carbocycles. The van der Waals surface area contributed by atoms with Gasteiger partial charge in [-0.15, -0.1) is 0 Å². The Kier molecular flexibility index (Phi) is 7.44. The molecule has 0 heterocycles. The lowest BCUT2D eigenvalue weighted by Gasteiger charge is -2.12. The van der Waals surface area contributed by atoms with Gasteiger partial charge in [0.25, 0.3) is 5.90 Å². The van der Waals surface area contributed by atoms with E-state index in [0.717, 1.165) is 12.8 Å². The highest BCUT2D eigenvalue weighted by Crippen LogP contribution is 2.33. The molecule has 1 rings (SSSR count). The molecule has 1 aromatic carbocycles. The van der Waals surface area contributed by atoms with Crippen molar-refractivity contribution in [3.05, 3.63) is 30.4 Å². The summed E-state index contributed by atoms with van der Waals surface area (Å²) in [6.07, 6.45) is 0.315. The van der Waals surface area contributed by atoms with Gasteiger partial charge in [0.05, 0.1) is 14.2 Å². The van der Waals surface area contributed by atoms with Gasteiger partial charge in [-0.05, 0) is 18.6 Å². The van der Waals surface area contributed by atoms with E-state index in [-0.39, 0.29) is 18.0 Å². The molecule has 0 atom stereocenters. The van der Waals surface area contributed by atoms with Gasteiger partial charge in [-0.2, -0.15) is 13.2 Å². The van der Waals surface area contributed by atoms with Crippen LogP contribution in [0.25, 0.3) is 0 Å². The minimum Gasteiger partial charge on any atom is -0.497 e. The highest BCUT2D eigenvalue weighted by Gasteiger charge is 2.38. The van der Waals surface area contributed by atoms with Gasteiger partial charge in [0.2, 0.25) is 0 Å². The number of benzene rings is 1. The summed E-state index contributed by atoms with van der Waals surface area (Å²) in [4.78, 5) is 3.55. The monoisotopic (exact) mass is 331 g/mol. The van der Waals surface area contributed by atoms with Crippen LogP contribution in [0.2, 0.25) is 0 Å². The molecule has 0 amide bonds. The lowest BCUT2D eigenvalue weighted by Crippen LogP contribution is -2.25. The molecule has 0 saturated heterocycles. The minimum atomic E-state index is -4.69. The van der Waals surface area contributed by atoms with Gasteiger partial charge in [0, 0.05) is 6.07 Å². The fourth-order valence-corrected chi connectivity index (χ4v) is 1.64. The van der Waals surface area contributed by atoms with Gasteiger partial charge in [-0.1, -0.05) is 25.5 Å². The Morgan fingerprint density at radius 2 is 1.91 bits per heavy atom. The first-order valence-corrected chi connectivity index (χ1v) is 7.08. The van der Waals surface area contributed by atoms with E-state index in [4.69, 9.17) is 14.2 Å². The summed E-state index contributed by atoms with van der Waals surface area (Å²) in [5.41, 5.74) is 0.0122. The fourth-order valence-electron chi connectivity index (χ4n) is 1.64. The van der Waals surface area contributed by atoms with Gasteiger partial charge >= 0.3 is 6.18 Å². The average molecular weight is 331 g/mol. The molecule has 0 fully saturated rings. The van der Waals surface area contributed by atoms with Gasteiger partial charge in [-0.3, -0.25) is 0 Å². The highest BCUT2D eigenvalue weighted by molar-refractivity contribution is 5.85. The Hall–Kier alpha value is -2.18. The Labute approximate surface area is 133 Å². The van der Waals surface area contributed by atoms with Crippen molar-refractivity contribution < 1.29 is 27.4 Å². The summed E-state index contributed by atoms with van der Waals surface area (Å²) in [7, 11) is 2.79. The lowest BCUT2D eigenvalue weighted by atomic mass is 10.3. The molecule has 23 heavy (non-hydrogen) atoms. The number of methoxy groups -OCH3 is 2. The van der Waals surface area contributed by atoms with Crippen molar-refractivity contribution in [1.29, 1.82) is 0 Å². The maximum atomic E-state index is 13.0. The van der Waals surface area contributed by atoms with Crippen LogP contribution in [0.5, 0.6) is 11.5 Å². The molecule has 1 aromatic rings. The van der Waals surface area contributed by atoms with E-state index in [9.17, 15) is 13.2 Å². The first kappa shape index (κ1) is 18.9. The zero-order valence-corrected chi connectivity index (χ0v) is 13.3. The molecule has 7 heteroatoms. The van der Waals surface area contributed by atoms with Crippen molar-refractivity contribution in [3.63, 3.8) is 0 Å². The van der Waals surface area contributed by atoms with E-state index < -0.39 is 12.1 Å². The van der Waals surface area contributed by atoms with Gasteiger partial charge in [0.1, 0.15) is 23.8 Å². The van der Waals surface area contributed by atoms with Crippen LogP contribution < -0.4 is 9.47 Å². The van der Waals surface area contributed by atoms with Crippen LogP contribution >= 0.6 is 0 Å². The summed E-state index contributed by atoms with van der Waals surface area (Å²) < 4.78 is 53.8. The Morgan fingerprint density at radius 3 is 2.48 bits per heavy atom. The second kappa shape index (κ2) is 9.07. The van der Waals surface area contributed by atoms with E-state index in [1.165, 1.54) is 38.5 Å². The molecule has 0 aliphatic heterocycles. The molecule has 0 bridgehead atoms. The predicted octanol–water partition coefficient (Wildman–Crippen LogP) is 4.67. The van der Waals surface area contributed by atoms with E-state index in [1.807, 2.05) is 6.92 Å². The van der Waals surface area contributed by atoms with Crippen LogP contribution in [0.3, 0.4) is 0 Å². The first-order chi connectivity index (χ1) is 10.9. The second-order valence-electron chi connectivity index (χ2n) is 4.52. The maximum absolute atomic E-state index is 13.0. The van der Waals surface area contributed by atoms with Crippen molar-refractivity contribution in [3.8, 4) is 11.5 Å². The largest absolute Gasteiger partial charge is 0.497 e. The summed E-state index contributed by atoms with van der Waals surface area (Å²) in [5, 5.41) is 0. The Bertz CT molecular complexity index is 554. The molecular formula is C16H20F3NO3. The van der Waals surface area contributed by atoms with E-state index >= 15 is 0 Å². The predicted molar refractivity (Wildman–Crippen MR) is 82.7 cm³/mol. The minimum absolute atomic E-state index is 0.0122. The zero-order valence-electron chi connectivity index (χ0n) is 13.3. The number of nitrogens with zero attached hydrogens (tertiary/aromatic N) is 1. The van der Waals surface area contributed by atoms with Crippen LogP contribution in [0.4, 0.5) is 18.9 Å². The molecule has 0 N–H and O–H groups in total. The third-order valence-corrected chi connectivity index (χ3v) is 2.79. The van der Waals surface area contributed by atoms with Crippen molar-refractivity contribution in [1.82, 2.24) is 0 Å². The standard InChI is InChI=1S/C16H20F3NO3/c1-4-5-6-7-10-23-15(16(17,18)19)20-13-9-8-12(21-2)11-14(13)22-3/h6-9,11H,4-5,10H2,1-3H3/b7-6+,20-15?. The average Bonchev–Trinajstić information content (AvgIpc) is 2.52. The molecule has 0 aliphatic rings. The smallest absolute Gasteiger partial charge is 0.468 e. The summed E-state index contributed by atoms with van der Waals surface area (Å²) in [6.45, 7) is 1.78. The molecule has 0 unspecified atom stereocenters. The topological polar surface area (TPSA) is 40.0 Å². The molecule has 0 radical (unpaired) electrons. The summed E-state index contributed by atoms with van der Waals surface area (Å²) in [6, 6.07) is 4.32. The Morgan fingerprint density at radius 1 is 1.17 bits per heavy atom. The quantitative estimate of drug-likeness (QED) is 0.414. The molecule has 0 aromatic heterocycles. The third kappa shape index (κ3) is 6.22. The van der Waals surface area contributed by atoms with E-state index in [0.29, 0.717) is 5.75 Å². The summed E-state index contributed by atoms with van der Waals surface area (Å²) in [5.74, 6) is -0.698. The molecule has 4 nitrogen and oxygen atoms in total. The number of alkyl halides is 3. The molecule has 0 spiro atoms. The number of hydrogen-bond donors (Lipinski definition) is 0. The number of hydrogen-bond acceptors (Lipinski definition) is 4. The van der Waals surface area contributed by atoms with E-state index in [2.05, 4.69) is 4.99 Å². The van der Waals surface area contributed by atoms with Gasteiger partial charge < -0.3 is 14.2 Å². The van der Waals surface area contributed by atoms with E-state index in [1.54, 1.807) is 6.08 Å². The lowest BCUT2D eigenvalue weighted by molar-refractivity contribution is -0.0770. The number of allylic oxidation sites excluding steroid dienone is 1. The zero-order chi connectivity index (χ0) is 17.3. The van der Waals surface area contributed by atoms with Crippen LogP contribution in [-0.4, -0.2) is 32.9 Å². The van der Waals surface area contributed by atoms with Crippen LogP contribution in [-0.2, 0) is 4.74 Å².